The van der Waals surface area contributed by atoms with Crippen LogP contribution >= 0.6 is 0 Å². The molecule has 12 rings (SSSR count). The van der Waals surface area contributed by atoms with Crippen molar-refractivity contribution in [2.45, 2.75) is 0 Å². The van der Waals surface area contributed by atoms with Crippen molar-refractivity contribution in [3.63, 3.8) is 0 Å². The van der Waals surface area contributed by atoms with Crippen LogP contribution in [0.25, 0.3) is 99.7 Å². The van der Waals surface area contributed by atoms with Gasteiger partial charge in [-0.15, -0.1) is 0 Å². The number of nitrogens with zero attached hydrogens (tertiary/aromatic N) is 4. The maximum Gasteiger partial charge on any atom is 0.160 e. The highest BCUT2D eigenvalue weighted by molar-refractivity contribution is 6.24. The van der Waals surface area contributed by atoms with Gasteiger partial charge in [-0.1, -0.05) is 140 Å². The highest BCUT2D eigenvalue weighted by Gasteiger charge is 2.28. The van der Waals surface area contributed by atoms with Crippen molar-refractivity contribution in [1.29, 1.82) is 0 Å². The molecule has 0 saturated carbocycles. The lowest BCUT2D eigenvalue weighted by Crippen LogP contribution is -2.07. The second-order valence-corrected chi connectivity index (χ2v) is 14.2. The summed E-state index contributed by atoms with van der Waals surface area (Å²) in [6, 6.07) is 64.1. The second kappa shape index (κ2) is 11.5. The summed E-state index contributed by atoms with van der Waals surface area (Å²) in [4.78, 5) is 10.8. The van der Waals surface area contributed by atoms with Gasteiger partial charge in [-0.2, -0.15) is 0 Å². The summed E-state index contributed by atoms with van der Waals surface area (Å²) in [6.45, 7) is 0. The van der Waals surface area contributed by atoms with Crippen LogP contribution in [0.1, 0.15) is 0 Å². The first-order valence-electron chi connectivity index (χ1n) is 18.6. The minimum atomic E-state index is 0.688. The number of hydrogen-bond donors (Lipinski definition) is 0. The van der Waals surface area contributed by atoms with Crippen molar-refractivity contribution in [2.75, 3.05) is 0 Å². The SMILES string of the molecule is c1ccc(-c2ccc(-c3nc(-c4ccc5c6c7cccc8c7n(c6n(-c6ccccc6)c5c4)-c4ccccc4O8)nc4c3ccc3ccccc34)cc2)cc1. The predicted molar refractivity (Wildman–Crippen MR) is 225 cm³/mol. The van der Waals surface area contributed by atoms with E-state index < -0.39 is 0 Å². The van der Waals surface area contributed by atoms with Gasteiger partial charge in [0.25, 0.3) is 0 Å². The molecular formula is C50H30N4O. The first kappa shape index (κ1) is 30.0. The van der Waals surface area contributed by atoms with Crippen molar-refractivity contribution >= 4 is 54.5 Å². The fourth-order valence-electron chi connectivity index (χ4n) is 8.62. The quantitative estimate of drug-likeness (QED) is 0.172. The van der Waals surface area contributed by atoms with E-state index in [2.05, 4.69) is 179 Å². The van der Waals surface area contributed by atoms with Gasteiger partial charge in [0, 0.05) is 43.7 Å². The van der Waals surface area contributed by atoms with Crippen LogP contribution in [-0.4, -0.2) is 19.1 Å². The lowest BCUT2D eigenvalue weighted by Gasteiger charge is -2.21. The molecule has 0 amide bonds. The molecule has 1 aliphatic rings. The summed E-state index contributed by atoms with van der Waals surface area (Å²) in [7, 11) is 0. The molecule has 0 bridgehead atoms. The fourth-order valence-corrected chi connectivity index (χ4v) is 8.62. The number of para-hydroxylation sites is 4. The van der Waals surface area contributed by atoms with Crippen molar-refractivity contribution in [3.05, 3.63) is 182 Å². The molecule has 8 aromatic carbocycles. The first-order chi connectivity index (χ1) is 27.3. The highest BCUT2D eigenvalue weighted by Crippen LogP contribution is 2.49. The third-order valence-corrected chi connectivity index (χ3v) is 11.1. The number of benzene rings is 8. The molecule has 0 N–H and O–H groups in total. The standard InChI is InChI=1S/C50H30N4O/c1-3-12-31(13-4-1)32-22-24-34(25-23-32)46-40-29-26-33-14-7-8-17-37(33)47(40)52-49(51-46)35-27-28-38-42(30-35)53(36-15-5-2-6-16-36)50-45(38)39-18-11-21-44-48(39)54(50)41-19-9-10-20-43(41)55-44/h1-30H. The summed E-state index contributed by atoms with van der Waals surface area (Å²) in [5, 5.41) is 6.79. The Balaban J connectivity index is 1.14. The summed E-state index contributed by atoms with van der Waals surface area (Å²) in [5.41, 5.74) is 11.6. The van der Waals surface area contributed by atoms with Crippen LogP contribution in [0.15, 0.2) is 182 Å². The predicted octanol–water partition coefficient (Wildman–Crippen LogP) is 12.9. The van der Waals surface area contributed by atoms with Crippen molar-refractivity contribution in [2.24, 2.45) is 0 Å². The van der Waals surface area contributed by atoms with Gasteiger partial charge in [0.05, 0.1) is 27.9 Å². The average molecular weight is 703 g/mol. The van der Waals surface area contributed by atoms with Crippen LogP contribution in [-0.2, 0) is 0 Å². The Bertz CT molecular complexity index is 3330. The van der Waals surface area contributed by atoms with E-state index in [9.17, 15) is 0 Å². The van der Waals surface area contributed by atoms with E-state index in [-0.39, 0.29) is 0 Å². The number of aromatic nitrogens is 4. The smallest absolute Gasteiger partial charge is 0.160 e. The molecule has 4 heterocycles. The van der Waals surface area contributed by atoms with Gasteiger partial charge >= 0.3 is 0 Å². The van der Waals surface area contributed by atoms with E-state index in [1.54, 1.807) is 0 Å². The lowest BCUT2D eigenvalue weighted by molar-refractivity contribution is 0.476. The third-order valence-electron chi connectivity index (χ3n) is 11.1. The van der Waals surface area contributed by atoms with Crippen molar-refractivity contribution in [1.82, 2.24) is 19.1 Å². The minimum absolute atomic E-state index is 0.688. The molecule has 0 atom stereocenters. The number of fused-ring (bicyclic) bond motifs is 10. The minimum Gasteiger partial charge on any atom is -0.453 e. The molecule has 0 fully saturated rings. The van der Waals surface area contributed by atoms with E-state index in [4.69, 9.17) is 14.7 Å². The van der Waals surface area contributed by atoms with E-state index in [1.165, 1.54) is 16.5 Å². The Hall–Kier alpha value is -7.50. The second-order valence-electron chi connectivity index (χ2n) is 14.2. The van der Waals surface area contributed by atoms with Crippen molar-refractivity contribution < 1.29 is 4.74 Å². The lowest BCUT2D eigenvalue weighted by atomic mass is 9.99. The number of hydrogen-bond acceptors (Lipinski definition) is 3. The zero-order valence-electron chi connectivity index (χ0n) is 29.5. The molecule has 0 saturated heterocycles. The molecule has 256 valence electrons. The Morgan fingerprint density at radius 2 is 1.11 bits per heavy atom. The summed E-state index contributed by atoms with van der Waals surface area (Å²) >= 11 is 0. The van der Waals surface area contributed by atoms with Gasteiger partial charge < -0.3 is 4.74 Å². The van der Waals surface area contributed by atoms with Crippen LogP contribution in [0.4, 0.5) is 0 Å². The highest BCUT2D eigenvalue weighted by atomic mass is 16.5. The molecule has 5 nitrogen and oxygen atoms in total. The van der Waals surface area contributed by atoms with Gasteiger partial charge in [-0.3, -0.25) is 9.13 Å². The molecule has 3 aromatic heterocycles. The largest absolute Gasteiger partial charge is 0.453 e. The van der Waals surface area contributed by atoms with Gasteiger partial charge in [-0.25, -0.2) is 9.97 Å². The van der Waals surface area contributed by atoms with Crippen LogP contribution in [0.2, 0.25) is 0 Å². The topological polar surface area (TPSA) is 44.9 Å². The Kier molecular flexibility index (Phi) is 6.27. The molecule has 0 unspecified atom stereocenters. The molecule has 5 heteroatoms. The van der Waals surface area contributed by atoms with Gasteiger partial charge in [0.2, 0.25) is 0 Å². The normalized spacial score (nSPS) is 12.1. The van der Waals surface area contributed by atoms with E-state index >= 15 is 0 Å². The summed E-state index contributed by atoms with van der Waals surface area (Å²) < 4.78 is 11.2. The van der Waals surface area contributed by atoms with Crippen LogP contribution in [0, 0.1) is 0 Å². The first-order valence-corrected chi connectivity index (χ1v) is 18.6. The monoisotopic (exact) mass is 702 g/mol. The van der Waals surface area contributed by atoms with E-state index in [0.29, 0.717) is 5.82 Å². The maximum atomic E-state index is 6.48. The van der Waals surface area contributed by atoms with Crippen LogP contribution in [0.3, 0.4) is 0 Å². The molecular weight excluding hydrogens is 673 g/mol. The number of rotatable bonds is 4. The zero-order valence-corrected chi connectivity index (χ0v) is 29.5. The summed E-state index contributed by atoms with van der Waals surface area (Å²) in [5.74, 6) is 2.39. The van der Waals surface area contributed by atoms with Crippen LogP contribution < -0.4 is 4.74 Å². The van der Waals surface area contributed by atoms with Gasteiger partial charge in [0.1, 0.15) is 5.65 Å². The van der Waals surface area contributed by atoms with Gasteiger partial charge in [-0.05, 0) is 59.0 Å². The Morgan fingerprint density at radius 1 is 0.436 bits per heavy atom. The molecule has 1 aliphatic heterocycles. The maximum absolute atomic E-state index is 6.48. The molecule has 11 aromatic rings. The van der Waals surface area contributed by atoms with E-state index in [1.807, 2.05) is 12.1 Å². The molecule has 0 aliphatic carbocycles. The molecule has 0 spiro atoms. The van der Waals surface area contributed by atoms with E-state index in [0.717, 1.165) is 88.8 Å². The Morgan fingerprint density at radius 3 is 1.98 bits per heavy atom. The average Bonchev–Trinajstić information content (AvgIpc) is 3.77. The van der Waals surface area contributed by atoms with Crippen molar-refractivity contribution in [3.8, 4) is 56.6 Å². The summed E-state index contributed by atoms with van der Waals surface area (Å²) in [6.07, 6.45) is 0. The zero-order chi connectivity index (χ0) is 36.0. The third kappa shape index (κ3) is 4.41. The fraction of sp³-hybridized carbons (Fsp3) is 0. The Labute approximate surface area is 316 Å². The molecule has 0 radical (unpaired) electrons. The molecule has 55 heavy (non-hydrogen) atoms. The van der Waals surface area contributed by atoms with Crippen LogP contribution in [0.5, 0.6) is 11.5 Å². The van der Waals surface area contributed by atoms with Gasteiger partial charge in [0.15, 0.2) is 17.3 Å². The number of ether oxygens (including phenoxy) is 1.